The lowest BCUT2D eigenvalue weighted by atomic mass is 9.93. The van der Waals surface area contributed by atoms with Gasteiger partial charge in [-0.1, -0.05) is 30.3 Å². The number of ether oxygens (including phenoxy) is 2. The number of nitrogens with zero attached hydrogens (tertiary/aromatic N) is 1. The predicted molar refractivity (Wildman–Crippen MR) is 73.4 cm³/mol. The number of rotatable bonds is 4. The van der Waals surface area contributed by atoms with Crippen molar-refractivity contribution in [2.75, 3.05) is 0 Å². The van der Waals surface area contributed by atoms with Crippen LogP contribution < -0.4 is 0 Å². The minimum absolute atomic E-state index is 0.00758. The average Bonchev–Trinajstić information content (AvgIpc) is 2.46. The number of nitriles is 1. The van der Waals surface area contributed by atoms with Gasteiger partial charge in [0.2, 0.25) is 0 Å². The van der Waals surface area contributed by atoms with Crippen LogP contribution in [0.25, 0.3) is 0 Å². The first-order chi connectivity index (χ1) is 9.13. The zero-order valence-electron chi connectivity index (χ0n) is 11.6. The van der Waals surface area contributed by atoms with E-state index in [4.69, 9.17) is 14.7 Å². The molecule has 1 aromatic rings. The van der Waals surface area contributed by atoms with Gasteiger partial charge in [0.15, 0.2) is 5.60 Å². The Morgan fingerprint density at radius 2 is 2.21 bits per heavy atom. The van der Waals surface area contributed by atoms with Crippen LogP contribution in [0.4, 0.5) is 0 Å². The Morgan fingerprint density at radius 3 is 2.89 bits per heavy atom. The van der Waals surface area contributed by atoms with Gasteiger partial charge in [-0.2, -0.15) is 5.26 Å². The predicted octanol–water partition coefficient (Wildman–Crippen LogP) is 3.44. The molecule has 3 nitrogen and oxygen atoms in total. The Hall–Kier alpha value is -1.37. The summed E-state index contributed by atoms with van der Waals surface area (Å²) in [6.07, 6.45) is 2.82. The van der Waals surface area contributed by atoms with Gasteiger partial charge >= 0.3 is 0 Å². The van der Waals surface area contributed by atoms with Gasteiger partial charge in [0.25, 0.3) is 0 Å². The minimum atomic E-state index is -0.646. The van der Waals surface area contributed by atoms with Gasteiger partial charge < -0.3 is 9.47 Å². The normalized spacial score (nSPS) is 28.6. The molecule has 1 aromatic carbocycles. The van der Waals surface area contributed by atoms with Crippen molar-refractivity contribution < 1.29 is 9.47 Å². The molecule has 0 spiro atoms. The third-order valence-electron chi connectivity index (χ3n) is 3.67. The van der Waals surface area contributed by atoms with Crippen LogP contribution in [0.15, 0.2) is 30.3 Å². The van der Waals surface area contributed by atoms with Gasteiger partial charge in [-0.3, -0.25) is 0 Å². The Balaban J connectivity index is 1.86. The van der Waals surface area contributed by atoms with Crippen LogP contribution >= 0.6 is 0 Å². The van der Waals surface area contributed by atoms with Crippen LogP contribution in [-0.4, -0.2) is 17.8 Å². The lowest BCUT2D eigenvalue weighted by molar-refractivity contribution is -0.144. The highest BCUT2D eigenvalue weighted by molar-refractivity contribution is 5.13. The average molecular weight is 259 g/mol. The summed E-state index contributed by atoms with van der Waals surface area (Å²) in [6, 6.07) is 12.4. The van der Waals surface area contributed by atoms with Gasteiger partial charge in [0.1, 0.15) is 0 Å². The molecule has 0 aromatic heterocycles. The summed E-state index contributed by atoms with van der Waals surface area (Å²) in [5, 5.41) is 9.14. The smallest absolute Gasteiger partial charge is 0.151 e. The first kappa shape index (κ1) is 14.0. The molecule has 3 atom stereocenters. The van der Waals surface area contributed by atoms with Gasteiger partial charge in [-0.05, 0) is 38.7 Å². The van der Waals surface area contributed by atoms with E-state index < -0.39 is 5.60 Å². The molecule has 1 saturated heterocycles. The van der Waals surface area contributed by atoms with Crippen molar-refractivity contribution in [3.63, 3.8) is 0 Å². The number of hydrogen-bond donors (Lipinski definition) is 0. The molecule has 1 aliphatic rings. The maximum Gasteiger partial charge on any atom is 0.151 e. The first-order valence-corrected chi connectivity index (χ1v) is 6.87. The van der Waals surface area contributed by atoms with Crippen molar-refractivity contribution in [2.45, 2.75) is 57.5 Å². The van der Waals surface area contributed by atoms with Gasteiger partial charge in [0, 0.05) is 0 Å². The molecule has 1 fully saturated rings. The Kier molecular flexibility index (Phi) is 4.57. The SMILES string of the molecule is CC(OCc1ccccc1)C1CCCC(C)(C#N)O1. The summed E-state index contributed by atoms with van der Waals surface area (Å²) in [7, 11) is 0. The largest absolute Gasteiger partial charge is 0.371 e. The summed E-state index contributed by atoms with van der Waals surface area (Å²) >= 11 is 0. The first-order valence-electron chi connectivity index (χ1n) is 6.87. The molecule has 0 N–H and O–H groups in total. The standard InChI is InChI=1S/C16H21NO2/c1-13(18-11-14-7-4-3-5-8-14)15-9-6-10-16(2,12-17)19-15/h3-5,7-8,13,15H,6,9-11H2,1-2H3. The summed E-state index contributed by atoms with van der Waals surface area (Å²) < 4.78 is 11.8. The fourth-order valence-corrected chi connectivity index (χ4v) is 2.41. The lowest BCUT2D eigenvalue weighted by Gasteiger charge is -2.36. The maximum absolute atomic E-state index is 9.14. The van der Waals surface area contributed by atoms with Crippen molar-refractivity contribution in [3.8, 4) is 6.07 Å². The molecule has 0 amide bonds. The van der Waals surface area contributed by atoms with Crippen LogP contribution in [0, 0.1) is 11.3 Å². The fraction of sp³-hybridized carbons (Fsp3) is 0.562. The number of benzene rings is 1. The summed E-state index contributed by atoms with van der Waals surface area (Å²) in [6.45, 7) is 4.48. The van der Waals surface area contributed by atoms with Gasteiger partial charge in [0.05, 0.1) is 24.9 Å². The van der Waals surface area contributed by atoms with Gasteiger partial charge in [-0.25, -0.2) is 0 Å². The molecule has 0 bridgehead atoms. The van der Waals surface area contributed by atoms with E-state index >= 15 is 0 Å². The third kappa shape index (κ3) is 3.79. The molecule has 0 radical (unpaired) electrons. The van der Waals surface area contributed by atoms with Crippen LogP contribution in [0.2, 0.25) is 0 Å². The Bertz CT molecular complexity index is 440. The molecule has 19 heavy (non-hydrogen) atoms. The molecule has 0 aliphatic carbocycles. The molecular weight excluding hydrogens is 238 g/mol. The van der Waals surface area contributed by atoms with E-state index in [0.717, 1.165) is 24.8 Å². The zero-order chi connectivity index (χ0) is 13.7. The maximum atomic E-state index is 9.14. The third-order valence-corrected chi connectivity index (χ3v) is 3.67. The molecule has 3 unspecified atom stereocenters. The van der Waals surface area contributed by atoms with Crippen LogP contribution in [0.5, 0.6) is 0 Å². The second kappa shape index (κ2) is 6.18. The van der Waals surface area contributed by atoms with E-state index in [9.17, 15) is 0 Å². The summed E-state index contributed by atoms with van der Waals surface area (Å²) in [4.78, 5) is 0. The molecule has 1 aliphatic heterocycles. The van der Waals surface area contributed by atoms with E-state index in [-0.39, 0.29) is 12.2 Å². The summed E-state index contributed by atoms with van der Waals surface area (Å²) in [5.41, 5.74) is 0.515. The molecule has 1 heterocycles. The molecule has 102 valence electrons. The molecule has 0 saturated carbocycles. The van der Waals surface area contributed by atoms with E-state index in [0.29, 0.717) is 6.61 Å². The fourth-order valence-electron chi connectivity index (χ4n) is 2.41. The second-order valence-corrected chi connectivity index (χ2v) is 5.39. The molecular formula is C16H21NO2. The lowest BCUT2D eigenvalue weighted by Crippen LogP contribution is -2.42. The highest BCUT2D eigenvalue weighted by Crippen LogP contribution is 2.30. The monoisotopic (exact) mass is 259 g/mol. The molecule has 2 rings (SSSR count). The Morgan fingerprint density at radius 1 is 1.47 bits per heavy atom. The van der Waals surface area contributed by atoms with Crippen molar-refractivity contribution in [1.82, 2.24) is 0 Å². The van der Waals surface area contributed by atoms with Crippen molar-refractivity contribution in [3.05, 3.63) is 35.9 Å². The number of hydrogen-bond acceptors (Lipinski definition) is 3. The van der Waals surface area contributed by atoms with Crippen LogP contribution in [0.3, 0.4) is 0 Å². The van der Waals surface area contributed by atoms with Crippen molar-refractivity contribution in [2.24, 2.45) is 0 Å². The van der Waals surface area contributed by atoms with Gasteiger partial charge in [-0.15, -0.1) is 0 Å². The van der Waals surface area contributed by atoms with E-state index in [1.807, 2.05) is 44.2 Å². The summed E-state index contributed by atoms with van der Waals surface area (Å²) in [5.74, 6) is 0. The van der Waals surface area contributed by atoms with Crippen LogP contribution in [-0.2, 0) is 16.1 Å². The minimum Gasteiger partial charge on any atom is -0.371 e. The van der Waals surface area contributed by atoms with E-state index in [1.54, 1.807) is 0 Å². The Labute approximate surface area is 115 Å². The topological polar surface area (TPSA) is 42.2 Å². The van der Waals surface area contributed by atoms with Crippen molar-refractivity contribution >= 4 is 0 Å². The quantitative estimate of drug-likeness (QED) is 0.831. The van der Waals surface area contributed by atoms with E-state index in [2.05, 4.69) is 6.07 Å². The zero-order valence-corrected chi connectivity index (χ0v) is 11.6. The highest BCUT2D eigenvalue weighted by atomic mass is 16.6. The second-order valence-electron chi connectivity index (χ2n) is 5.39. The van der Waals surface area contributed by atoms with Crippen LogP contribution in [0.1, 0.15) is 38.7 Å². The van der Waals surface area contributed by atoms with Crippen molar-refractivity contribution in [1.29, 1.82) is 5.26 Å². The highest BCUT2D eigenvalue weighted by Gasteiger charge is 2.35. The van der Waals surface area contributed by atoms with E-state index in [1.165, 1.54) is 0 Å². The molecule has 3 heteroatoms.